The van der Waals surface area contributed by atoms with E-state index in [1.165, 1.54) is 6.20 Å². The lowest BCUT2D eigenvalue weighted by molar-refractivity contribution is 0.0156. The van der Waals surface area contributed by atoms with Crippen LogP contribution in [-0.4, -0.2) is 34.6 Å². The molecule has 1 aromatic heterocycles. The molecule has 0 bridgehead atoms. The van der Waals surface area contributed by atoms with Gasteiger partial charge in [0, 0.05) is 37.4 Å². The molecule has 1 N–H and O–H groups in total. The second kappa shape index (κ2) is 6.01. The molecule has 0 radical (unpaired) electrons. The van der Waals surface area contributed by atoms with Crippen molar-refractivity contribution in [3.8, 4) is 0 Å². The molecule has 1 aromatic rings. The van der Waals surface area contributed by atoms with Crippen LogP contribution in [0.3, 0.4) is 0 Å². The summed E-state index contributed by atoms with van der Waals surface area (Å²) in [7, 11) is 0. The highest BCUT2D eigenvalue weighted by Crippen LogP contribution is 2.30. The lowest BCUT2D eigenvalue weighted by Crippen LogP contribution is -2.65. The van der Waals surface area contributed by atoms with Crippen molar-refractivity contribution in [1.82, 2.24) is 15.2 Å². The van der Waals surface area contributed by atoms with Crippen molar-refractivity contribution >= 4 is 0 Å². The molecule has 0 amide bonds. The minimum absolute atomic E-state index is 0.105. The van der Waals surface area contributed by atoms with Crippen molar-refractivity contribution < 1.29 is 4.39 Å². The summed E-state index contributed by atoms with van der Waals surface area (Å²) < 4.78 is 13.4. The summed E-state index contributed by atoms with van der Waals surface area (Å²) in [6.07, 6.45) is 4.10. The lowest BCUT2D eigenvalue weighted by Gasteiger charge is -2.51. The van der Waals surface area contributed by atoms with Gasteiger partial charge in [-0.3, -0.25) is 9.88 Å². The first kappa shape index (κ1) is 16.4. The van der Waals surface area contributed by atoms with E-state index in [4.69, 9.17) is 0 Å². The maximum atomic E-state index is 13.4. The molecule has 0 saturated carbocycles. The predicted octanol–water partition coefficient (Wildman–Crippen LogP) is 3.21. The van der Waals surface area contributed by atoms with Crippen LogP contribution in [0.25, 0.3) is 0 Å². The molecule has 118 valence electrons. The van der Waals surface area contributed by atoms with Gasteiger partial charge in [-0.15, -0.1) is 0 Å². The normalized spacial score (nSPS) is 27.8. The summed E-state index contributed by atoms with van der Waals surface area (Å²) in [5.41, 5.74) is 1.27. The molecule has 4 heteroatoms. The van der Waals surface area contributed by atoms with Crippen molar-refractivity contribution in [1.29, 1.82) is 0 Å². The fourth-order valence-electron chi connectivity index (χ4n) is 2.91. The molecule has 2 heterocycles. The van der Waals surface area contributed by atoms with Crippen molar-refractivity contribution in [2.24, 2.45) is 5.41 Å². The van der Waals surface area contributed by atoms with E-state index in [1.54, 1.807) is 12.3 Å². The Kier molecular flexibility index (Phi) is 4.69. The molecule has 1 saturated heterocycles. The van der Waals surface area contributed by atoms with Crippen LogP contribution in [0.1, 0.15) is 46.6 Å². The van der Waals surface area contributed by atoms with Gasteiger partial charge in [0.05, 0.1) is 6.20 Å². The van der Waals surface area contributed by atoms with Crippen LogP contribution in [0, 0.1) is 11.2 Å². The van der Waals surface area contributed by atoms with Gasteiger partial charge in [0.2, 0.25) is 0 Å². The molecular weight excluding hydrogens is 265 g/mol. The lowest BCUT2D eigenvalue weighted by atomic mass is 9.81. The molecule has 1 aliphatic heterocycles. The Hall–Kier alpha value is -1.00. The predicted molar refractivity (Wildman–Crippen MR) is 84.5 cm³/mol. The number of halogens is 1. The Bertz CT molecular complexity index is 483. The summed E-state index contributed by atoms with van der Waals surface area (Å²) in [6.45, 7) is 14.0. The first-order valence-electron chi connectivity index (χ1n) is 7.82. The standard InChI is InChI=1S/C17H28FN3/c1-6-17(5)12-20-15(16(2,3)4)11-21(17)10-13-7-14(18)9-19-8-13/h7-9,15,20H,6,10-12H2,1-5H3. The fraction of sp³-hybridized carbons (Fsp3) is 0.706. The van der Waals surface area contributed by atoms with Crippen LogP contribution in [-0.2, 0) is 6.54 Å². The van der Waals surface area contributed by atoms with Gasteiger partial charge in [0.25, 0.3) is 0 Å². The first-order valence-corrected chi connectivity index (χ1v) is 7.82. The SMILES string of the molecule is CCC1(C)CNC(C(C)(C)C)CN1Cc1cncc(F)c1. The zero-order valence-corrected chi connectivity index (χ0v) is 13.9. The Morgan fingerprint density at radius 1 is 1.43 bits per heavy atom. The van der Waals surface area contributed by atoms with Crippen LogP contribution in [0.5, 0.6) is 0 Å². The van der Waals surface area contributed by atoms with Crippen LogP contribution in [0.15, 0.2) is 18.5 Å². The summed E-state index contributed by atoms with van der Waals surface area (Å²) >= 11 is 0. The Balaban J connectivity index is 2.18. The number of rotatable bonds is 3. The van der Waals surface area contributed by atoms with Crippen LogP contribution in [0.4, 0.5) is 4.39 Å². The molecule has 0 aromatic carbocycles. The molecule has 3 nitrogen and oxygen atoms in total. The minimum atomic E-state index is -0.256. The van der Waals surface area contributed by atoms with E-state index in [2.05, 4.69) is 49.8 Å². The van der Waals surface area contributed by atoms with Gasteiger partial charge in [-0.05, 0) is 30.4 Å². The third-order valence-corrected chi connectivity index (χ3v) is 4.84. The van der Waals surface area contributed by atoms with Gasteiger partial charge >= 0.3 is 0 Å². The molecule has 2 rings (SSSR count). The largest absolute Gasteiger partial charge is 0.310 e. The topological polar surface area (TPSA) is 28.2 Å². The van der Waals surface area contributed by atoms with Crippen molar-refractivity contribution in [2.45, 2.75) is 59.2 Å². The Morgan fingerprint density at radius 3 is 2.71 bits per heavy atom. The number of nitrogens with one attached hydrogen (secondary N) is 1. The van der Waals surface area contributed by atoms with Gasteiger partial charge in [-0.25, -0.2) is 4.39 Å². The molecule has 2 atom stereocenters. The van der Waals surface area contributed by atoms with Crippen molar-refractivity contribution in [3.05, 3.63) is 29.8 Å². The van der Waals surface area contributed by atoms with E-state index < -0.39 is 0 Å². The highest BCUT2D eigenvalue weighted by atomic mass is 19.1. The summed E-state index contributed by atoms with van der Waals surface area (Å²) in [6, 6.07) is 2.04. The third-order valence-electron chi connectivity index (χ3n) is 4.84. The van der Waals surface area contributed by atoms with E-state index in [0.29, 0.717) is 6.04 Å². The maximum Gasteiger partial charge on any atom is 0.141 e. The summed E-state index contributed by atoms with van der Waals surface area (Å²) in [4.78, 5) is 6.46. The highest BCUT2D eigenvalue weighted by molar-refractivity contribution is 5.12. The van der Waals surface area contributed by atoms with Gasteiger partial charge in [0.1, 0.15) is 5.82 Å². The molecular formula is C17H28FN3. The average molecular weight is 293 g/mol. The van der Waals surface area contributed by atoms with Gasteiger partial charge < -0.3 is 5.32 Å². The maximum absolute atomic E-state index is 13.4. The zero-order chi connectivity index (χ0) is 15.7. The van der Waals surface area contributed by atoms with E-state index in [1.807, 2.05) is 0 Å². The highest BCUT2D eigenvalue weighted by Gasteiger charge is 2.39. The molecule has 0 aliphatic carbocycles. The average Bonchev–Trinajstić information content (AvgIpc) is 2.40. The zero-order valence-electron chi connectivity index (χ0n) is 13.9. The quantitative estimate of drug-likeness (QED) is 0.927. The molecule has 21 heavy (non-hydrogen) atoms. The first-order chi connectivity index (χ1) is 9.74. The summed E-state index contributed by atoms with van der Waals surface area (Å²) in [5.74, 6) is -0.256. The number of hydrogen-bond acceptors (Lipinski definition) is 3. The smallest absolute Gasteiger partial charge is 0.141 e. The van der Waals surface area contributed by atoms with Gasteiger partial charge in [-0.2, -0.15) is 0 Å². The van der Waals surface area contributed by atoms with Crippen molar-refractivity contribution in [2.75, 3.05) is 13.1 Å². The Labute approximate surface area is 127 Å². The monoisotopic (exact) mass is 293 g/mol. The van der Waals surface area contributed by atoms with Crippen molar-refractivity contribution in [3.63, 3.8) is 0 Å². The van der Waals surface area contributed by atoms with Crippen LogP contribution < -0.4 is 5.32 Å². The van der Waals surface area contributed by atoms with E-state index in [-0.39, 0.29) is 16.8 Å². The fourth-order valence-corrected chi connectivity index (χ4v) is 2.91. The van der Waals surface area contributed by atoms with Crippen LogP contribution >= 0.6 is 0 Å². The molecule has 1 fully saturated rings. The van der Waals surface area contributed by atoms with E-state index in [9.17, 15) is 4.39 Å². The number of aromatic nitrogens is 1. The second-order valence-corrected chi connectivity index (χ2v) is 7.54. The minimum Gasteiger partial charge on any atom is -0.310 e. The third kappa shape index (κ3) is 3.80. The van der Waals surface area contributed by atoms with Gasteiger partial charge in [-0.1, -0.05) is 27.7 Å². The number of nitrogens with zero attached hydrogens (tertiary/aromatic N) is 2. The Morgan fingerprint density at radius 2 is 2.14 bits per heavy atom. The molecule has 1 aliphatic rings. The molecule has 2 unspecified atom stereocenters. The van der Waals surface area contributed by atoms with Gasteiger partial charge in [0.15, 0.2) is 0 Å². The number of hydrogen-bond donors (Lipinski definition) is 1. The number of pyridine rings is 1. The van der Waals surface area contributed by atoms with E-state index >= 15 is 0 Å². The molecule has 0 spiro atoms. The van der Waals surface area contributed by atoms with Crippen LogP contribution in [0.2, 0.25) is 0 Å². The number of piperazine rings is 1. The second-order valence-electron chi connectivity index (χ2n) is 7.54. The van der Waals surface area contributed by atoms with E-state index in [0.717, 1.165) is 31.6 Å². The summed E-state index contributed by atoms with van der Waals surface area (Å²) in [5, 5.41) is 3.70.